The highest BCUT2D eigenvalue weighted by atomic mass is 35.5. The first-order valence-electron chi connectivity index (χ1n) is 6.04. The summed E-state index contributed by atoms with van der Waals surface area (Å²) in [6, 6.07) is 4.40. The summed E-state index contributed by atoms with van der Waals surface area (Å²) in [4.78, 5) is 10.3. The molecule has 0 amide bonds. The summed E-state index contributed by atoms with van der Waals surface area (Å²) in [5, 5.41) is 18.3. The fourth-order valence-electron chi connectivity index (χ4n) is 1.89. The van der Waals surface area contributed by atoms with E-state index in [4.69, 9.17) is 16.1 Å². The lowest BCUT2D eigenvalue weighted by Crippen LogP contribution is -2.14. The van der Waals surface area contributed by atoms with Crippen LogP contribution in [0.4, 0.5) is 5.69 Å². The number of aromatic nitrogens is 1. The van der Waals surface area contributed by atoms with Crippen molar-refractivity contribution >= 4 is 17.3 Å². The van der Waals surface area contributed by atoms with Crippen LogP contribution < -0.4 is 5.32 Å². The Hall–Kier alpha value is -1.92. The smallest absolute Gasteiger partial charge is 0.269 e. The molecule has 0 aliphatic rings. The molecule has 2 aromatic rings. The molecule has 0 fully saturated rings. The Morgan fingerprint density at radius 3 is 2.75 bits per heavy atom. The molecule has 20 heavy (non-hydrogen) atoms. The first-order valence-corrected chi connectivity index (χ1v) is 6.42. The summed E-state index contributed by atoms with van der Waals surface area (Å²) in [5.41, 5.74) is 2.54. The minimum Gasteiger partial charge on any atom is -0.361 e. The molecule has 0 radical (unpaired) electrons. The van der Waals surface area contributed by atoms with Gasteiger partial charge in [0.15, 0.2) is 0 Å². The monoisotopic (exact) mass is 295 g/mol. The zero-order valence-corrected chi connectivity index (χ0v) is 11.9. The number of hydrogen-bond acceptors (Lipinski definition) is 5. The number of nitro benzene ring substituents is 1. The van der Waals surface area contributed by atoms with Crippen LogP contribution in [0.15, 0.2) is 22.7 Å². The average Bonchev–Trinajstić information content (AvgIpc) is 2.72. The van der Waals surface area contributed by atoms with E-state index in [1.54, 1.807) is 0 Å². The molecule has 0 spiro atoms. The van der Waals surface area contributed by atoms with Crippen LogP contribution in [0, 0.1) is 24.0 Å². The summed E-state index contributed by atoms with van der Waals surface area (Å²) in [6.45, 7) is 4.72. The van der Waals surface area contributed by atoms with Crippen LogP contribution in [0.3, 0.4) is 0 Å². The molecular weight excluding hydrogens is 282 g/mol. The molecule has 1 aromatic carbocycles. The quantitative estimate of drug-likeness (QED) is 0.677. The van der Waals surface area contributed by atoms with Gasteiger partial charge in [0, 0.05) is 35.8 Å². The van der Waals surface area contributed by atoms with E-state index in [0.717, 1.165) is 17.0 Å². The van der Waals surface area contributed by atoms with Crippen molar-refractivity contribution in [3.8, 4) is 0 Å². The Morgan fingerprint density at radius 1 is 1.40 bits per heavy atom. The molecule has 0 bridgehead atoms. The zero-order chi connectivity index (χ0) is 14.7. The molecular formula is C13H14ClN3O3. The standard InChI is InChI=1S/C13H14ClN3O3/c1-8-12(9(2)20-16-8)7-15-6-10-5-11(17(18)19)3-4-13(10)14/h3-5,15H,6-7H2,1-2H3. The molecule has 1 heterocycles. The third-order valence-corrected chi connectivity index (χ3v) is 3.41. The van der Waals surface area contributed by atoms with E-state index >= 15 is 0 Å². The molecule has 106 valence electrons. The maximum Gasteiger partial charge on any atom is 0.269 e. The van der Waals surface area contributed by atoms with Crippen molar-refractivity contribution in [2.45, 2.75) is 26.9 Å². The summed E-state index contributed by atoms with van der Waals surface area (Å²) in [5.74, 6) is 0.764. The number of nitrogens with zero attached hydrogens (tertiary/aromatic N) is 2. The highest BCUT2D eigenvalue weighted by Gasteiger charge is 2.11. The number of nitrogens with one attached hydrogen (secondary N) is 1. The lowest BCUT2D eigenvalue weighted by molar-refractivity contribution is -0.384. The molecule has 0 atom stereocenters. The highest BCUT2D eigenvalue weighted by molar-refractivity contribution is 6.31. The topological polar surface area (TPSA) is 81.2 Å². The fraction of sp³-hybridized carbons (Fsp3) is 0.308. The first kappa shape index (κ1) is 14.5. The molecule has 0 aliphatic carbocycles. The number of hydrogen-bond donors (Lipinski definition) is 1. The molecule has 0 unspecified atom stereocenters. The predicted molar refractivity (Wildman–Crippen MR) is 74.6 cm³/mol. The Kier molecular flexibility index (Phi) is 4.36. The van der Waals surface area contributed by atoms with E-state index in [2.05, 4.69) is 10.5 Å². The van der Waals surface area contributed by atoms with Crippen molar-refractivity contribution in [1.82, 2.24) is 10.5 Å². The Labute approximate surface area is 120 Å². The van der Waals surface area contributed by atoms with Crippen molar-refractivity contribution in [2.75, 3.05) is 0 Å². The third-order valence-electron chi connectivity index (χ3n) is 3.04. The summed E-state index contributed by atoms with van der Waals surface area (Å²) >= 11 is 6.03. The Morgan fingerprint density at radius 2 is 2.15 bits per heavy atom. The number of aryl methyl sites for hydroxylation is 2. The van der Waals surface area contributed by atoms with Gasteiger partial charge >= 0.3 is 0 Å². The van der Waals surface area contributed by atoms with Crippen molar-refractivity contribution in [3.05, 3.63) is 55.9 Å². The average molecular weight is 296 g/mol. The van der Waals surface area contributed by atoms with E-state index in [9.17, 15) is 10.1 Å². The van der Waals surface area contributed by atoms with Crippen LogP contribution in [-0.4, -0.2) is 10.1 Å². The van der Waals surface area contributed by atoms with Crippen molar-refractivity contribution in [2.24, 2.45) is 0 Å². The minimum atomic E-state index is -0.436. The predicted octanol–water partition coefficient (Wildman–Crippen LogP) is 3.14. The van der Waals surface area contributed by atoms with Gasteiger partial charge in [-0.15, -0.1) is 0 Å². The molecule has 7 heteroatoms. The number of halogens is 1. The second-order valence-electron chi connectivity index (χ2n) is 4.44. The van der Waals surface area contributed by atoms with Crippen LogP contribution in [-0.2, 0) is 13.1 Å². The van der Waals surface area contributed by atoms with Crippen LogP contribution in [0.5, 0.6) is 0 Å². The van der Waals surface area contributed by atoms with Crippen LogP contribution >= 0.6 is 11.6 Å². The number of benzene rings is 1. The highest BCUT2D eigenvalue weighted by Crippen LogP contribution is 2.22. The van der Waals surface area contributed by atoms with E-state index in [0.29, 0.717) is 23.7 Å². The number of rotatable bonds is 5. The van der Waals surface area contributed by atoms with Gasteiger partial charge in [-0.2, -0.15) is 0 Å². The first-order chi connectivity index (χ1) is 9.49. The van der Waals surface area contributed by atoms with Gasteiger partial charge in [0.25, 0.3) is 5.69 Å². The van der Waals surface area contributed by atoms with Crippen molar-refractivity contribution in [3.63, 3.8) is 0 Å². The molecule has 6 nitrogen and oxygen atoms in total. The van der Waals surface area contributed by atoms with Gasteiger partial charge in [-0.1, -0.05) is 16.8 Å². The molecule has 0 aliphatic heterocycles. The van der Waals surface area contributed by atoms with E-state index in [1.165, 1.54) is 18.2 Å². The van der Waals surface area contributed by atoms with E-state index in [1.807, 2.05) is 13.8 Å². The van der Waals surface area contributed by atoms with Gasteiger partial charge in [-0.3, -0.25) is 10.1 Å². The van der Waals surface area contributed by atoms with Crippen molar-refractivity contribution < 1.29 is 9.45 Å². The molecule has 0 saturated heterocycles. The van der Waals surface area contributed by atoms with Crippen molar-refractivity contribution in [1.29, 1.82) is 0 Å². The van der Waals surface area contributed by atoms with Gasteiger partial charge in [-0.05, 0) is 25.5 Å². The zero-order valence-electron chi connectivity index (χ0n) is 11.1. The maximum absolute atomic E-state index is 10.7. The third kappa shape index (κ3) is 3.15. The van der Waals surface area contributed by atoms with Gasteiger partial charge in [0.05, 0.1) is 10.6 Å². The Bertz CT molecular complexity index is 620. The second kappa shape index (κ2) is 6.02. The van der Waals surface area contributed by atoms with Crippen LogP contribution in [0.25, 0.3) is 0 Å². The van der Waals surface area contributed by atoms with Gasteiger partial charge < -0.3 is 9.84 Å². The van der Waals surface area contributed by atoms with Gasteiger partial charge in [0.2, 0.25) is 0 Å². The lowest BCUT2D eigenvalue weighted by Gasteiger charge is -2.06. The Balaban J connectivity index is 2.04. The molecule has 1 aromatic heterocycles. The van der Waals surface area contributed by atoms with Gasteiger partial charge in [0.1, 0.15) is 5.76 Å². The van der Waals surface area contributed by atoms with Crippen LogP contribution in [0.2, 0.25) is 5.02 Å². The summed E-state index contributed by atoms with van der Waals surface area (Å²) in [6.07, 6.45) is 0. The lowest BCUT2D eigenvalue weighted by atomic mass is 10.1. The minimum absolute atomic E-state index is 0.0311. The SMILES string of the molecule is Cc1noc(C)c1CNCc1cc([N+](=O)[O-])ccc1Cl. The largest absolute Gasteiger partial charge is 0.361 e. The molecule has 2 rings (SSSR count). The van der Waals surface area contributed by atoms with E-state index in [-0.39, 0.29) is 5.69 Å². The molecule has 0 saturated carbocycles. The summed E-state index contributed by atoms with van der Waals surface area (Å²) < 4.78 is 5.07. The van der Waals surface area contributed by atoms with Gasteiger partial charge in [-0.25, -0.2) is 0 Å². The normalized spacial score (nSPS) is 10.8. The second-order valence-corrected chi connectivity index (χ2v) is 4.85. The fourth-order valence-corrected chi connectivity index (χ4v) is 2.07. The van der Waals surface area contributed by atoms with E-state index < -0.39 is 4.92 Å². The summed E-state index contributed by atoms with van der Waals surface area (Å²) in [7, 11) is 0. The number of non-ortho nitro benzene ring substituents is 1. The number of nitro groups is 1. The maximum atomic E-state index is 10.7. The molecule has 1 N–H and O–H groups in total. The van der Waals surface area contributed by atoms with Crippen LogP contribution in [0.1, 0.15) is 22.6 Å².